The molecular weight excluding hydrogens is 1150 g/mol. The lowest BCUT2D eigenvalue weighted by atomic mass is 9.97. The molecule has 0 aromatic rings. The van der Waals surface area contributed by atoms with Crippen molar-refractivity contribution < 1.29 is 64.6 Å². The van der Waals surface area contributed by atoms with Crippen LogP contribution in [-0.2, 0) is 23.7 Å². The van der Waals surface area contributed by atoms with Crippen molar-refractivity contribution in [3.8, 4) is 0 Å². The molecule has 2 fully saturated rings. The monoisotopic (exact) mass is 1290 g/mol. The molecule has 14 nitrogen and oxygen atoms in total. The third kappa shape index (κ3) is 44.7. The van der Waals surface area contributed by atoms with Crippen molar-refractivity contribution in [1.29, 1.82) is 0 Å². The minimum absolute atomic E-state index is 0.204. The standard InChI is InChI=1S/C77H139NO13/c1-3-5-7-9-11-13-15-17-19-21-23-25-27-28-29-30-31-32-33-34-35-36-37-38-39-41-43-45-47-49-51-53-55-57-59-61-69(82)78-65(64-88-76-74(87)72(85)75(68(63-80)90-76)91-77-73(86)71(84)70(83)67(62-79)89-77)66(81)60-58-56-54-52-50-48-46-44-42-40-26-24-22-20-18-16-14-12-10-8-6-4-2/h5,7,11,13,17,19,23,25,28-29,31-32,65-68,70-77,79-81,83-87H,3-4,6,8-10,12,14-16,18,20-22,24,26-27,30,33-64H2,1-2H3,(H,78,82)/b7-5-,13-11-,19-17-,25-23-,29-28-,32-31-. The molecule has 2 aliphatic heterocycles. The van der Waals surface area contributed by atoms with Crippen LogP contribution in [0.4, 0.5) is 0 Å². The van der Waals surface area contributed by atoms with Crippen molar-refractivity contribution >= 4 is 5.91 Å². The predicted octanol–water partition coefficient (Wildman–Crippen LogP) is 16.2. The molecule has 2 rings (SSSR count). The molecule has 0 spiro atoms. The predicted molar refractivity (Wildman–Crippen MR) is 373 cm³/mol. The quantitative estimate of drug-likeness (QED) is 0.0204. The van der Waals surface area contributed by atoms with Gasteiger partial charge in [0.25, 0.3) is 0 Å². The van der Waals surface area contributed by atoms with Crippen LogP contribution in [0, 0.1) is 0 Å². The van der Waals surface area contributed by atoms with Crippen molar-refractivity contribution in [2.24, 2.45) is 0 Å². The van der Waals surface area contributed by atoms with Crippen molar-refractivity contribution in [2.45, 2.75) is 389 Å². The van der Waals surface area contributed by atoms with Gasteiger partial charge in [0.2, 0.25) is 5.91 Å². The lowest BCUT2D eigenvalue weighted by Gasteiger charge is -2.46. The number of allylic oxidation sites excluding steroid dienone is 12. The van der Waals surface area contributed by atoms with E-state index in [2.05, 4.69) is 92.1 Å². The Morgan fingerprint density at radius 1 is 0.407 bits per heavy atom. The number of ether oxygens (including phenoxy) is 4. The largest absolute Gasteiger partial charge is 0.394 e. The molecule has 0 saturated carbocycles. The molecule has 91 heavy (non-hydrogen) atoms. The minimum Gasteiger partial charge on any atom is -0.394 e. The first kappa shape index (κ1) is 84.5. The number of nitrogens with one attached hydrogen (secondary N) is 1. The van der Waals surface area contributed by atoms with Crippen LogP contribution in [-0.4, -0.2) is 140 Å². The summed E-state index contributed by atoms with van der Waals surface area (Å²) >= 11 is 0. The Labute approximate surface area is 555 Å². The van der Waals surface area contributed by atoms with E-state index >= 15 is 0 Å². The summed E-state index contributed by atoms with van der Waals surface area (Å²) in [5.41, 5.74) is 0. The number of carbonyl (C=O) groups is 1. The molecule has 12 unspecified atom stereocenters. The smallest absolute Gasteiger partial charge is 0.220 e. The third-order valence-corrected chi connectivity index (χ3v) is 18.2. The Hall–Kier alpha value is -2.57. The highest BCUT2D eigenvalue weighted by atomic mass is 16.7. The van der Waals surface area contributed by atoms with Gasteiger partial charge in [-0.25, -0.2) is 0 Å². The molecule has 2 aliphatic rings. The normalized spacial score (nSPS) is 23.2. The first-order valence-electron chi connectivity index (χ1n) is 37.7. The number of rotatable bonds is 62. The minimum atomic E-state index is -1.78. The van der Waals surface area contributed by atoms with Crippen molar-refractivity contribution in [2.75, 3.05) is 19.8 Å². The highest BCUT2D eigenvalue weighted by Crippen LogP contribution is 2.30. The van der Waals surface area contributed by atoms with Crippen LogP contribution < -0.4 is 5.32 Å². The number of unbranched alkanes of at least 4 members (excludes halogenated alkanes) is 37. The van der Waals surface area contributed by atoms with E-state index in [0.717, 1.165) is 89.9 Å². The number of aliphatic hydroxyl groups excluding tert-OH is 8. The maximum Gasteiger partial charge on any atom is 0.220 e. The second-order valence-corrected chi connectivity index (χ2v) is 26.4. The van der Waals surface area contributed by atoms with Gasteiger partial charge in [-0.15, -0.1) is 0 Å². The summed E-state index contributed by atoms with van der Waals surface area (Å²) in [6, 6.07) is -0.832. The highest BCUT2D eigenvalue weighted by molar-refractivity contribution is 5.76. The van der Waals surface area contributed by atoms with E-state index in [0.29, 0.717) is 12.8 Å². The zero-order chi connectivity index (χ0) is 65.9. The molecule has 12 atom stereocenters. The van der Waals surface area contributed by atoms with Gasteiger partial charge in [0.05, 0.1) is 32.0 Å². The molecule has 0 radical (unpaired) electrons. The fraction of sp³-hybridized carbons (Fsp3) is 0.831. The van der Waals surface area contributed by atoms with E-state index in [1.165, 1.54) is 199 Å². The first-order chi connectivity index (χ1) is 44.6. The molecule has 1 amide bonds. The lowest BCUT2D eigenvalue weighted by molar-refractivity contribution is -0.359. The van der Waals surface area contributed by atoms with Crippen LogP contribution in [0.1, 0.15) is 316 Å². The molecule has 14 heteroatoms. The van der Waals surface area contributed by atoms with Gasteiger partial charge in [0.1, 0.15) is 48.8 Å². The van der Waals surface area contributed by atoms with Crippen LogP contribution in [0.25, 0.3) is 0 Å². The zero-order valence-electron chi connectivity index (χ0n) is 57.8. The summed E-state index contributed by atoms with van der Waals surface area (Å²) in [6.45, 7) is 2.79. The van der Waals surface area contributed by atoms with Gasteiger partial charge < -0.3 is 65.1 Å². The molecular formula is C77H139NO13. The summed E-state index contributed by atoms with van der Waals surface area (Å²) in [5.74, 6) is -0.204. The van der Waals surface area contributed by atoms with Crippen molar-refractivity contribution in [1.82, 2.24) is 5.32 Å². The van der Waals surface area contributed by atoms with Gasteiger partial charge in [0, 0.05) is 6.42 Å². The van der Waals surface area contributed by atoms with Crippen molar-refractivity contribution in [3.05, 3.63) is 72.9 Å². The molecule has 530 valence electrons. The van der Waals surface area contributed by atoms with E-state index in [1.807, 2.05) is 0 Å². The molecule has 0 aromatic carbocycles. The second kappa shape index (κ2) is 61.1. The van der Waals surface area contributed by atoms with Crippen LogP contribution in [0.3, 0.4) is 0 Å². The van der Waals surface area contributed by atoms with Gasteiger partial charge in [0.15, 0.2) is 12.6 Å². The maximum atomic E-state index is 13.4. The summed E-state index contributed by atoms with van der Waals surface area (Å²) in [4.78, 5) is 13.4. The Balaban J connectivity index is 1.62. The van der Waals surface area contributed by atoms with Gasteiger partial charge >= 0.3 is 0 Å². The molecule has 0 bridgehead atoms. The average Bonchev–Trinajstić information content (AvgIpc) is 0.888. The Morgan fingerprint density at radius 3 is 1.16 bits per heavy atom. The van der Waals surface area contributed by atoms with Crippen LogP contribution >= 0.6 is 0 Å². The van der Waals surface area contributed by atoms with E-state index in [9.17, 15) is 45.6 Å². The van der Waals surface area contributed by atoms with Gasteiger partial charge in [-0.1, -0.05) is 318 Å². The number of hydrogen-bond acceptors (Lipinski definition) is 13. The highest BCUT2D eigenvalue weighted by Gasteiger charge is 2.51. The summed E-state index contributed by atoms with van der Waals surface area (Å²) in [7, 11) is 0. The number of amides is 1. The second-order valence-electron chi connectivity index (χ2n) is 26.4. The van der Waals surface area contributed by atoms with Gasteiger partial charge in [-0.2, -0.15) is 0 Å². The topological polar surface area (TPSA) is 228 Å². The van der Waals surface area contributed by atoms with Crippen LogP contribution in [0.2, 0.25) is 0 Å². The SMILES string of the molecule is CC/C=C\C/C=C\C/C=C\C/C=C\C/C=C\C/C=C\CCCCCCCCCCCCCCCCCCC(=O)NC(COC1OC(CO)C(OC2OC(CO)C(O)C(O)C2O)C(O)C1O)C(O)CCCCCCCCCCCCCCCCCCCCCCCC. The van der Waals surface area contributed by atoms with E-state index in [4.69, 9.17) is 18.9 Å². The average molecular weight is 1290 g/mol. The van der Waals surface area contributed by atoms with Crippen LogP contribution in [0.5, 0.6) is 0 Å². The Morgan fingerprint density at radius 2 is 0.758 bits per heavy atom. The molecule has 2 heterocycles. The van der Waals surface area contributed by atoms with E-state index in [1.54, 1.807) is 0 Å². The molecule has 0 aliphatic carbocycles. The lowest BCUT2D eigenvalue weighted by Crippen LogP contribution is -2.65. The summed E-state index contributed by atoms with van der Waals surface area (Å²) in [6.07, 6.45) is 66.3. The van der Waals surface area contributed by atoms with Crippen molar-refractivity contribution in [3.63, 3.8) is 0 Å². The molecule has 0 aromatic heterocycles. The van der Waals surface area contributed by atoms with E-state index < -0.39 is 86.8 Å². The van der Waals surface area contributed by atoms with Gasteiger partial charge in [-0.05, 0) is 64.2 Å². The first-order valence-corrected chi connectivity index (χ1v) is 37.7. The fourth-order valence-corrected chi connectivity index (χ4v) is 12.2. The Bertz CT molecular complexity index is 1800. The maximum absolute atomic E-state index is 13.4. The molecule has 2 saturated heterocycles. The van der Waals surface area contributed by atoms with E-state index in [-0.39, 0.29) is 12.5 Å². The third-order valence-electron chi connectivity index (χ3n) is 18.2. The Kier molecular flexibility index (Phi) is 56.7. The number of aliphatic hydroxyl groups is 8. The molecule has 9 N–H and O–H groups in total. The summed E-state index contributed by atoms with van der Waals surface area (Å²) in [5, 5.41) is 87.7. The number of hydrogen-bond donors (Lipinski definition) is 9. The van der Waals surface area contributed by atoms with Gasteiger partial charge in [-0.3, -0.25) is 4.79 Å². The zero-order valence-corrected chi connectivity index (χ0v) is 57.8. The summed E-state index contributed by atoms with van der Waals surface area (Å²) < 4.78 is 23.0. The number of carbonyl (C=O) groups excluding carboxylic acids is 1. The fourth-order valence-electron chi connectivity index (χ4n) is 12.2. The van der Waals surface area contributed by atoms with Crippen LogP contribution in [0.15, 0.2) is 72.9 Å².